The molecule has 0 unspecified atom stereocenters. The Hall–Kier alpha value is -2.18. The molecule has 1 amide bonds. The first-order valence-electron chi connectivity index (χ1n) is 8.02. The van der Waals surface area contributed by atoms with E-state index < -0.39 is 0 Å². The molecule has 3 rings (SSSR count). The zero-order valence-corrected chi connectivity index (χ0v) is 14.2. The molecule has 0 radical (unpaired) electrons. The second kappa shape index (κ2) is 8.08. The molecule has 0 saturated carbocycles. The molecule has 1 N–H and O–H groups in total. The van der Waals surface area contributed by atoms with Crippen LogP contribution in [0.5, 0.6) is 0 Å². The van der Waals surface area contributed by atoms with E-state index in [0.717, 1.165) is 24.5 Å². The van der Waals surface area contributed by atoms with Gasteiger partial charge < -0.3 is 15.0 Å². The van der Waals surface area contributed by atoms with E-state index in [1.54, 1.807) is 6.07 Å². The van der Waals surface area contributed by atoms with Crippen LogP contribution in [0, 0.1) is 0 Å². The summed E-state index contributed by atoms with van der Waals surface area (Å²) in [5.41, 5.74) is 1.78. The Morgan fingerprint density at radius 2 is 1.88 bits per heavy atom. The maximum absolute atomic E-state index is 12.2. The quantitative estimate of drug-likeness (QED) is 0.818. The minimum absolute atomic E-state index is 0.0154. The van der Waals surface area contributed by atoms with Gasteiger partial charge in [0.15, 0.2) is 5.78 Å². The highest BCUT2D eigenvalue weighted by Crippen LogP contribution is 2.26. The van der Waals surface area contributed by atoms with E-state index in [4.69, 9.17) is 4.74 Å². The molecular formula is C18H20N2O3S. The highest BCUT2D eigenvalue weighted by Gasteiger charge is 2.16. The first-order chi connectivity index (χ1) is 11.7. The van der Waals surface area contributed by atoms with Crippen molar-refractivity contribution in [2.75, 3.05) is 36.5 Å². The number of morpholine rings is 1. The molecule has 2 aromatic rings. The van der Waals surface area contributed by atoms with Crippen molar-refractivity contribution in [3.8, 4) is 0 Å². The van der Waals surface area contributed by atoms with Gasteiger partial charge in [-0.25, -0.2) is 0 Å². The second-order valence-corrected chi connectivity index (χ2v) is 6.51. The molecule has 24 heavy (non-hydrogen) atoms. The third-order valence-corrected chi connectivity index (χ3v) is 4.82. The van der Waals surface area contributed by atoms with Crippen LogP contribution in [0.3, 0.4) is 0 Å². The summed E-state index contributed by atoms with van der Waals surface area (Å²) in [7, 11) is 0. The summed E-state index contributed by atoms with van der Waals surface area (Å²) in [4.78, 5) is 27.1. The van der Waals surface area contributed by atoms with Crippen molar-refractivity contribution in [1.82, 2.24) is 0 Å². The van der Waals surface area contributed by atoms with Crippen molar-refractivity contribution >= 4 is 34.4 Å². The number of amides is 1. The molecule has 0 spiro atoms. The van der Waals surface area contributed by atoms with Gasteiger partial charge in [-0.3, -0.25) is 9.59 Å². The molecule has 1 aromatic heterocycles. The minimum Gasteiger partial charge on any atom is -0.378 e. The summed E-state index contributed by atoms with van der Waals surface area (Å²) in [6.07, 6.45) is 0.417. The monoisotopic (exact) mass is 344 g/mol. The number of benzene rings is 1. The highest BCUT2D eigenvalue weighted by atomic mass is 32.1. The number of carbonyl (C=O) groups excluding carboxylic acids is 2. The number of nitrogens with one attached hydrogen (secondary N) is 1. The van der Waals surface area contributed by atoms with Crippen LogP contribution >= 0.6 is 11.3 Å². The van der Waals surface area contributed by atoms with E-state index in [2.05, 4.69) is 10.2 Å². The molecule has 1 aliphatic rings. The van der Waals surface area contributed by atoms with Gasteiger partial charge in [0.05, 0.1) is 29.5 Å². The van der Waals surface area contributed by atoms with Crippen LogP contribution in [0.25, 0.3) is 0 Å². The van der Waals surface area contributed by atoms with E-state index >= 15 is 0 Å². The summed E-state index contributed by atoms with van der Waals surface area (Å²) in [5.74, 6) is -0.123. The van der Waals surface area contributed by atoms with Crippen LogP contribution in [0.4, 0.5) is 11.4 Å². The Morgan fingerprint density at radius 1 is 1.08 bits per heavy atom. The molecule has 0 atom stereocenters. The summed E-state index contributed by atoms with van der Waals surface area (Å²) < 4.78 is 5.38. The van der Waals surface area contributed by atoms with Gasteiger partial charge in [0.2, 0.25) is 5.91 Å². The number of rotatable bonds is 6. The second-order valence-electron chi connectivity index (χ2n) is 5.57. The van der Waals surface area contributed by atoms with Crippen molar-refractivity contribution in [2.24, 2.45) is 0 Å². The Kier molecular flexibility index (Phi) is 5.61. The Balaban J connectivity index is 1.59. The number of nitrogens with zero attached hydrogens (tertiary/aromatic N) is 1. The van der Waals surface area contributed by atoms with Crippen LogP contribution in [0.1, 0.15) is 22.5 Å². The molecule has 6 heteroatoms. The van der Waals surface area contributed by atoms with Crippen LogP contribution in [-0.4, -0.2) is 38.0 Å². The number of thiophene rings is 1. The molecular weight excluding hydrogens is 324 g/mol. The van der Waals surface area contributed by atoms with Gasteiger partial charge in [0.25, 0.3) is 0 Å². The third-order valence-electron chi connectivity index (χ3n) is 3.91. The number of para-hydroxylation sites is 2. The van der Waals surface area contributed by atoms with Gasteiger partial charge in [0.1, 0.15) is 0 Å². The van der Waals surface area contributed by atoms with E-state index in [9.17, 15) is 9.59 Å². The normalized spacial score (nSPS) is 14.4. The summed E-state index contributed by atoms with van der Waals surface area (Å²) >= 11 is 1.41. The van der Waals surface area contributed by atoms with Crippen molar-refractivity contribution in [3.63, 3.8) is 0 Å². The smallest absolute Gasteiger partial charge is 0.224 e. The molecule has 1 fully saturated rings. The lowest BCUT2D eigenvalue weighted by Crippen LogP contribution is -2.36. The average Bonchev–Trinajstić information content (AvgIpc) is 3.16. The van der Waals surface area contributed by atoms with Gasteiger partial charge in [0, 0.05) is 25.9 Å². The number of ether oxygens (including phenoxy) is 1. The maximum Gasteiger partial charge on any atom is 0.224 e. The predicted molar refractivity (Wildman–Crippen MR) is 96.0 cm³/mol. The first kappa shape index (κ1) is 16.7. The fraction of sp³-hybridized carbons (Fsp3) is 0.333. The van der Waals surface area contributed by atoms with Crippen molar-refractivity contribution in [1.29, 1.82) is 0 Å². The van der Waals surface area contributed by atoms with Crippen molar-refractivity contribution < 1.29 is 14.3 Å². The van der Waals surface area contributed by atoms with E-state index in [1.807, 2.05) is 35.7 Å². The largest absolute Gasteiger partial charge is 0.378 e. The summed E-state index contributed by atoms with van der Waals surface area (Å²) in [6, 6.07) is 11.4. The molecule has 0 bridgehead atoms. The van der Waals surface area contributed by atoms with Crippen LogP contribution in [0.2, 0.25) is 0 Å². The van der Waals surface area contributed by atoms with Gasteiger partial charge in [-0.1, -0.05) is 18.2 Å². The predicted octanol–water partition coefficient (Wildman–Crippen LogP) is 3.19. The van der Waals surface area contributed by atoms with E-state index in [-0.39, 0.29) is 24.5 Å². The first-order valence-corrected chi connectivity index (χ1v) is 8.90. The van der Waals surface area contributed by atoms with Gasteiger partial charge >= 0.3 is 0 Å². The lowest BCUT2D eigenvalue weighted by molar-refractivity contribution is -0.116. The maximum atomic E-state index is 12.2. The Labute approximate surface area is 145 Å². The van der Waals surface area contributed by atoms with E-state index in [0.29, 0.717) is 18.1 Å². The Morgan fingerprint density at radius 3 is 2.62 bits per heavy atom. The number of Topliss-reactive ketones (excluding diaryl/α,β-unsaturated/α-hetero) is 1. The van der Waals surface area contributed by atoms with Gasteiger partial charge in [-0.15, -0.1) is 11.3 Å². The van der Waals surface area contributed by atoms with E-state index in [1.165, 1.54) is 11.3 Å². The van der Waals surface area contributed by atoms with Crippen LogP contribution < -0.4 is 10.2 Å². The van der Waals surface area contributed by atoms with Crippen LogP contribution in [-0.2, 0) is 9.53 Å². The zero-order chi connectivity index (χ0) is 16.8. The summed E-state index contributed by atoms with van der Waals surface area (Å²) in [6.45, 7) is 3.00. The molecule has 2 heterocycles. The van der Waals surface area contributed by atoms with Crippen LogP contribution in [0.15, 0.2) is 41.8 Å². The molecule has 0 aliphatic carbocycles. The molecule has 1 saturated heterocycles. The fourth-order valence-corrected chi connectivity index (χ4v) is 3.35. The fourth-order valence-electron chi connectivity index (χ4n) is 2.66. The molecule has 1 aliphatic heterocycles. The van der Waals surface area contributed by atoms with Gasteiger partial charge in [-0.05, 0) is 23.6 Å². The summed E-state index contributed by atoms with van der Waals surface area (Å²) in [5, 5.41) is 4.81. The number of ketones is 1. The third kappa shape index (κ3) is 4.21. The number of hydrogen-bond acceptors (Lipinski definition) is 5. The number of hydrogen-bond donors (Lipinski definition) is 1. The molecule has 5 nitrogen and oxygen atoms in total. The van der Waals surface area contributed by atoms with Crippen molar-refractivity contribution in [2.45, 2.75) is 12.8 Å². The topological polar surface area (TPSA) is 58.6 Å². The lowest BCUT2D eigenvalue weighted by atomic mass is 10.1. The molecule has 126 valence electrons. The SMILES string of the molecule is O=C(CCC(=O)c1cccs1)Nc1ccccc1N1CCOCC1. The minimum atomic E-state index is -0.138. The Bertz CT molecular complexity index is 694. The zero-order valence-electron chi connectivity index (χ0n) is 13.4. The van der Waals surface area contributed by atoms with Crippen molar-refractivity contribution in [3.05, 3.63) is 46.7 Å². The average molecular weight is 344 g/mol. The standard InChI is InChI=1S/C18H20N2O3S/c21-16(17-6-3-13-24-17)7-8-18(22)19-14-4-1-2-5-15(14)20-9-11-23-12-10-20/h1-6,13H,7-12H2,(H,19,22). The number of carbonyl (C=O) groups is 2. The lowest BCUT2D eigenvalue weighted by Gasteiger charge is -2.30. The number of anilines is 2. The highest BCUT2D eigenvalue weighted by molar-refractivity contribution is 7.12. The molecule has 1 aromatic carbocycles. The van der Waals surface area contributed by atoms with Gasteiger partial charge in [-0.2, -0.15) is 0 Å².